The maximum Gasteiger partial charge on any atom is 0.243 e. The summed E-state index contributed by atoms with van der Waals surface area (Å²) in [6.45, 7) is 6.34. The standard InChI is InChI=1S/C16H26N2O2S/c1-13(2)15-6-8-16(9-7-15)21(19,20)18-10-4-5-14(12-18)11-17-3/h6-9,13-14,17H,4-5,10-12H2,1-3H3. The molecule has 0 saturated carbocycles. The summed E-state index contributed by atoms with van der Waals surface area (Å²) in [6, 6.07) is 7.33. The van der Waals surface area contributed by atoms with Crippen molar-refractivity contribution in [3.63, 3.8) is 0 Å². The lowest BCUT2D eigenvalue weighted by molar-refractivity contribution is 0.263. The van der Waals surface area contributed by atoms with E-state index in [0.29, 0.717) is 29.8 Å². The zero-order valence-electron chi connectivity index (χ0n) is 13.2. The molecule has 21 heavy (non-hydrogen) atoms. The van der Waals surface area contributed by atoms with Gasteiger partial charge in [-0.1, -0.05) is 26.0 Å². The molecular weight excluding hydrogens is 284 g/mol. The van der Waals surface area contributed by atoms with Crippen molar-refractivity contribution in [1.29, 1.82) is 0 Å². The predicted molar refractivity (Wildman–Crippen MR) is 85.9 cm³/mol. The number of sulfonamides is 1. The van der Waals surface area contributed by atoms with Gasteiger partial charge in [-0.3, -0.25) is 0 Å². The van der Waals surface area contributed by atoms with E-state index in [-0.39, 0.29) is 0 Å². The van der Waals surface area contributed by atoms with E-state index in [1.54, 1.807) is 16.4 Å². The monoisotopic (exact) mass is 310 g/mol. The Kier molecular flexibility index (Phi) is 5.41. The van der Waals surface area contributed by atoms with Crippen molar-refractivity contribution >= 4 is 10.0 Å². The molecule has 1 saturated heterocycles. The van der Waals surface area contributed by atoms with Gasteiger partial charge in [0, 0.05) is 13.1 Å². The van der Waals surface area contributed by atoms with E-state index in [1.165, 1.54) is 5.56 Å². The van der Waals surface area contributed by atoms with Gasteiger partial charge in [0.15, 0.2) is 0 Å². The van der Waals surface area contributed by atoms with Crippen LogP contribution in [0, 0.1) is 5.92 Å². The van der Waals surface area contributed by atoms with Gasteiger partial charge in [0.25, 0.3) is 0 Å². The third-order valence-corrected chi connectivity index (χ3v) is 6.04. The average molecular weight is 310 g/mol. The topological polar surface area (TPSA) is 49.4 Å². The predicted octanol–water partition coefficient (Wildman–Crippen LogP) is 2.43. The van der Waals surface area contributed by atoms with Crippen LogP contribution in [0.15, 0.2) is 29.2 Å². The van der Waals surface area contributed by atoms with Crippen molar-refractivity contribution < 1.29 is 8.42 Å². The van der Waals surface area contributed by atoms with Crippen LogP contribution >= 0.6 is 0 Å². The van der Waals surface area contributed by atoms with Crippen LogP contribution in [0.5, 0.6) is 0 Å². The second-order valence-electron chi connectivity index (χ2n) is 6.15. The highest BCUT2D eigenvalue weighted by Crippen LogP contribution is 2.24. The Morgan fingerprint density at radius 3 is 2.52 bits per heavy atom. The summed E-state index contributed by atoms with van der Waals surface area (Å²) in [5.74, 6) is 0.824. The molecule has 1 aromatic rings. The first-order valence-corrected chi connectivity index (χ1v) is 9.14. The van der Waals surface area contributed by atoms with Crippen LogP contribution in [0.2, 0.25) is 0 Å². The second kappa shape index (κ2) is 6.90. The first-order chi connectivity index (χ1) is 9.95. The number of hydrogen-bond donors (Lipinski definition) is 1. The lowest BCUT2D eigenvalue weighted by Gasteiger charge is -2.31. The van der Waals surface area contributed by atoms with Crippen LogP contribution in [0.3, 0.4) is 0 Å². The number of hydrogen-bond acceptors (Lipinski definition) is 3. The number of piperidine rings is 1. The zero-order valence-corrected chi connectivity index (χ0v) is 14.0. The van der Waals surface area contributed by atoms with E-state index < -0.39 is 10.0 Å². The van der Waals surface area contributed by atoms with Gasteiger partial charge in [-0.15, -0.1) is 0 Å². The zero-order chi connectivity index (χ0) is 15.5. The van der Waals surface area contributed by atoms with Crippen LogP contribution in [0.25, 0.3) is 0 Å². The molecule has 0 aromatic heterocycles. The van der Waals surface area contributed by atoms with Crippen molar-refractivity contribution in [2.45, 2.75) is 37.5 Å². The molecule has 1 aliphatic rings. The molecule has 2 rings (SSSR count). The molecule has 1 fully saturated rings. The molecule has 0 aliphatic carbocycles. The fourth-order valence-electron chi connectivity index (χ4n) is 2.87. The molecule has 118 valence electrons. The molecule has 1 aromatic carbocycles. The van der Waals surface area contributed by atoms with E-state index in [0.717, 1.165) is 19.4 Å². The Morgan fingerprint density at radius 1 is 1.29 bits per heavy atom. The Bertz CT molecular complexity index is 550. The van der Waals surface area contributed by atoms with Crippen molar-refractivity contribution in [1.82, 2.24) is 9.62 Å². The van der Waals surface area contributed by atoms with Gasteiger partial charge in [-0.05, 0) is 56.0 Å². The largest absolute Gasteiger partial charge is 0.319 e. The van der Waals surface area contributed by atoms with E-state index in [9.17, 15) is 8.42 Å². The number of nitrogens with one attached hydrogen (secondary N) is 1. The first kappa shape index (κ1) is 16.5. The highest BCUT2D eigenvalue weighted by Gasteiger charge is 2.29. The van der Waals surface area contributed by atoms with Crippen molar-refractivity contribution in [3.05, 3.63) is 29.8 Å². The minimum absolute atomic E-state index is 0.411. The molecule has 0 spiro atoms. The molecule has 5 heteroatoms. The lowest BCUT2D eigenvalue weighted by atomic mass is 10.00. The Balaban J connectivity index is 2.17. The van der Waals surface area contributed by atoms with Crippen LogP contribution < -0.4 is 5.32 Å². The Labute approximate surface area is 128 Å². The third-order valence-electron chi connectivity index (χ3n) is 4.16. The van der Waals surface area contributed by atoms with Gasteiger partial charge < -0.3 is 5.32 Å². The maximum absolute atomic E-state index is 12.7. The molecule has 0 radical (unpaired) electrons. The van der Waals surface area contributed by atoms with Gasteiger partial charge in [0.05, 0.1) is 4.90 Å². The Hall–Kier alpha value is -0.910. The van der Waals surface area contributed by atoms with Gasteiger partial charge in [0.1, 0.15) is 0 Å². The summed E-state index contributed by atoms with van der Waals surface area (Å²) >= 11 is 0. The minimum atomic E-state index is -3.35. The fraction of sp³-hybridized carbons (Fsp3) is 0.625. The minimum Gasteiger partial charge on any atom is -0.319 e. The molecule has 1 aliphatic heterocycles. The number of benzene rings is 1. The summed E-state index contributed by atoms with van der Waals surface area (Å²) in [5.41, 5.74) is 1.17. The van der Waals surface area contributed by atoms with Gasteiger partial charge >= 0.3 is 0 Å². The van der Waals surface area contributed by atoms with E-state index in [1.807, 2.05) is 19.2 Å². The molecule has 1 heterocycles. The SMILES string of the molecule is CNCC1CCCN(S(=O)(=O)c2ccc(C(C)C)cc2)C1. The molecule has 0 bridgehead atoms. The van der Waals surface area contributed by atoms with Gasteiger partial charge in [-0.2, -0.15) is 4.31 Å². The quantitative estimate of drug-likeness (QED) is 0.909. The first-order valence-electron chi connectivity index (χ1n) is 7.70. The summed E-state index contributed by atoms with van der Waals surface area (Å²) in [7, 11) is -1.44. The van der Waals surface area contributed by atoms with Gasteiger partial charge in [0.2, 0.25) is 10.0 Å². The van der Waals surface area contributed by atoms with Crippen LogP contribution in [-0.2, 0) is 10.0 Å². The van der Waals surface area contributed by atoms with Crippen molar-refractivity contribution in [2.24, 2.45) is 5.92 Å². The second-order valence-corrected chi connectivity index (χ2v) is 8.09. The highest BCUT2D eigenvalue weighted by atomic mass is 32.2. The average Bonchev–Trinajstić information content (AvgIpc) is 2.48. The van der Waals surface area contributed by atoms with Crippen LogP contribution in [-0.4, -0.2) is 39.4 Å². The van der Waals surface area contributed by atoms with Gasteiger partial charge in [-0.25, -0.2) is 8.42 Å². The summed E-state index contributed by atoms with van der Waals surface area (Å²) < 4.78 is 27.1. The van der Waals surface area contributed by atoms with Crippen LogP contribution in [0.4, 0.5) is 0 Å². The third kappa shape index (κ3) is 3.84. The summed E-state index contributed by atoms with van der Waals surface area (Å²) in [4.78, 5) is 0.414. The maximum atomic E-state index is 12.7. The van der Waals surface area contributed by atoms with Crippen molar-refractivity contribution in [3.8, 4) is 0 Å². The normalized spacial score (nSPS) is 20.9. The summed E-state index contributed by atoms with van der Waals surface area (Å²) in [5, 5.41) is 3.15. The molecular formula is C16H26N2O2S. The molecule has 1 N–H and O–H groups in total. The summed E-state index contributed by atoms with van der Waals surface area (Å²) in [6.07, 6.45) is 2.04. The van der Waals surface area contributed by atoms with Crippen LogP contribution in [0.1, 0.15) is 38.2 Å². The van der Waals surface area contributed by atoms with Crippen molar-refractivity contribution in [2.75, 3.05) is 26.7 Å². The number of nitrogens with zero attached hydrogens (tertiary/aromatic N) is 1. The number of rotatable bonds is 5. The highest BCUT2D eigenvalue weighted by molar-refractivity contribution is 7.89. The molecule has 1 atom stereocenters. The molecule has 0 amide bonds. The molecule has 1 unspecified atom stereocenters. The van der Waals surface area contributed by atoms with E-state index in [4.69, 9.17) is 0 Å². The van der Waals surface area contributed by atoms with E-state index >= 15 is 0 Å². The fourth-order valence-corrected chi connectivity index (χ4v) is 4.43. The lowest BCUT2D eigenvalue weighted by Crippen LogP contribution is -2.42. The molecule has 4 nitrogen and oxygen atoms in total. The smallest absolute Gasteiger partial charge is 0.243 e. The Morgan fingerprint density at radius 2 is 1.95 bits per heavy atom. The van der Waals surface area contributed by atoms with E-state index in [2.05, 4.69) is 19.2 Å².